The van der Waals surface area contributed by atoms with E-state index in [1.54, 1.807) is 0 Å². The van der Waals surface area contributed by atoms with E-state index in [9.17, 15) is 49.6 Å². The summed E-state index contributed by atoms with van der Waals surface area (Å²) in [5, 5.41) is 26.0. The first-order valence-electron chi connectivity index (χ1n) is 10.4. The number of carboxylic acid groups (broad SMARTS) is 1. The van der Waals surface area contributed by atoms with Gasteiger partial charge in [-0.2, -0.15) is 17.5 Å². The molecule has 5 N–H and O–H groups in total. The van der Waals surface area contributed by atoms with Gasteiger partial charge in [-0.3, -0.25) is 4.79 Å². The summed E-state index contributed by atoms with van der Waals surface area (Å²) < 4.78 is 98.8. The Hall–Kier alpha value is -2.41. The second kappa shape index (κ2) is 11.3. The third-order valence-corrected chi connectivity index (χ3v) is 7.59. The number of alkyl halides is 3. The normalized spacial score (nSPS) is 23.1. The topological polar surface area (TPSA) is 161 Å². The lowest BCUT2D eigenvalue weighted by molar-refractivity contribution is -0.192. The van der Waals surface area contributed by atoms with Crippen LogP contribution >= 0.6 is 0 Å². The van der Waals surface area contributed by atoms with E-state index in [4.69, 9.17) is 15.6 Å². The number of hydrogen-bond donors (Lipinski definition) is 4. The fourth-order valence-electron chi connectivity index (χ4n) is 3.85. The summed E-state index contributed by atoms with van der Waals surface area (Å²) in [7, 11) is -6.29. The lowest BCUT2D eigenvalue weighted by Gasteiger charge is -2.38. The van der Waals surface area contributed by atoms with Gasteiger partial charge < -0.3 is 25.8 Å². The number of halogens is 6. The first-order valence-corrected chi connectivity index (χ1v) is 11.8. The number of benzene rings is 1. The number of nitrogens with zero attached hydrogens (tertiary/aromatic N) is 2. The lowest BCUT2D eigenvalue weighted by atomic mass is 9.77. The molecule has 2 heterocycles. The molecule has 3 atom stereocenters. The van der Waals surface area contributed by atoms with Gasteiger partial charge in [-0.25, -0.2) is 26.4 Å². The molecule has 2 aliphatic rings. The third kappa shape index (κ3) is 6.67. The van der Waals surface area contributed by atoms with Gasteiger partial charge in [-0.05, 0) is 25.3 Å². The first kappa shape index (κ1) is 29.8. The minimum absolute atomic E-state index is 0.0844. The molecule has 0 saturated carbocycles. The van der Waals surface area contributed by atoms with Crippen LogP contribution in [-0.2, 0) is 19.6 Å². The summed E-state index contributed by atoms with van der Waals surface area (Å²) in [6.45, 7) is -0.238. The number of sulfonamides is 1. The van der Waals surface area contributed by atoms with Crippen LogP contribution in [0.25, 0.3) is 0 Å². The van der Waals surface area contributed by atoms with Crippen LogP contribution < -0.4 is 5.73 Å². The van der Waals surface area contributed by atoms with Gasteiger partial charge in [0.2, 0.25) is 15.9 Å². The molecule has 1 aromatic rings. The van der Waals surface area contributed by atoms with E-state index in [-0.39, 0.29) is 38.2 Å². The SMILES string of the molecule is N[C@@H]1CCN(S(=O)(=O)c2cc(F)c(F)cc2F)C[C@H]1C(=O)N1CCC[C@H]1B(O)O.O=C(O)C(F)(F)F. The van der Waals surface area contributed by atoms with Crippen LogP contribution in [0.15, 0.2) is 17.0 Å². The molecule has 2 fully saturated rings. The predicted molar refractivity (Wildman–Crippen MR) is 110 cm³/mol. The highest BCUT2D eigenvalue weighted by Gasteiger charge is 2.44. The molecular weight excluding hydrogens is 527 g/mol. The molecule has 1 aromatic carbocycles. The number of piperidine rings is 1. The minimum Gasteiger partial charge on any atom is -0.475 e. The Morgan fingerprint density at radius 3 is 2.11 bits per heavy atom. The summed E-state index contributed by atoms with van der Waals surface area (Å²) in [4.78, 5) is 22.1. The maximum Gasteiger partial charge on any atom is 0.490 e. The molecule has 202 valence electrons. The van der Waals surface area contributed by atoms with Crippen molar-refractivity contribution in [1.82, 2.24) is 9.21 Å². The highest BCUT2D eigenvalue weighted by atomic mass is 32.2. The molecule has 36 heavy (non-hydrogen) atoms. The Labute approximate surface area is 201 Å². The van der Waals surface area contributed by atoms with Gasteiger partial charge in [0.05, 0.1) is 11.9 Å². The molecule has 0 unspecified atom stereocenters. The molecule has 10 nitrogen and oxygen atoms in total. The van der Waals surface area contributed by atoms with Crippen LogP contribution in [0.2, 0.25) is 0 Å². The Morgan fingerprint density at radius 1 is 1.03 bits per heavy atom. The van der Waals surface area contributed by atoms with Crippen LogP contribution in [0.4, 0.5) is 26.3 Å². The smallest absolute Gasteiger partial charge is 0.475 e. The number of carboxylic acids is 1. The van der Waals surface area contributed by atoms with Gasteiger partial charge in [-0.15, -0.1) is 0 Å². The Kier molecular flexibility index (Phi) is 9.38. The second-order valence-electron chi connectivity index (χ2n) is 8.08. The van der Waals surface area contributed by atoms with Crippen molar-refractivity contribution in [2.45, 2.75) is 42.3 Å². The first-order chi connectivity index (χ1) is 16.5. The van der Waals surface area contributed by atoms with Crippen LogP contribution in [0.1, 0.15) is 19.3 Å². The highest BCUT2D eigenvalue weighted by molar-refractivity contribution is 7.89. The van der Waals surface area contributed by atoms with Crippen LogP contribution in [0, 0.1) is 23.4 Å². The van der Waals surface area contributed by atoms with Crippen LogP contribution in [0.3, 0.4) is 0 Å². The van der Waals surface area contributed by atoms with E-state index in [0.717, 1.165) is 4.31 Å². The van der Waals surface area contributed by atoms with Crippen molar-refractivity contribution in [2.24, 2.45) is 11.7 Å². The maximum atomic E-state index is 14.0. The number of aliphatic carboxylic acids is 1. The molecule has 0 aromatic heterocycles. The zero-order valence-electron chi connectivity index (χ0n) is 18.3. The monoisotopic (exact) mass is 549 g/mol. The van der Waals surface area contributed by atoms with Crippen molar-refractivity contribution < 1.29 is 59.5 Å². The van der Waals surface area contributed by atoms with Gasteiger partial charge in [0, 0.05) is 31.7 Å². The van der Waals surface area contributed by atoms with Gasteiger partial charge in [0.25, 0.3) is 0 Å². The number of likely N-dealkylation sites (tertiary alicyclic amines) is 1. The fourth-order valence-corrected chi connectivity index (χ4v) is 5.39. The number of rotatable bonds is 4. The van der Waals surface area contributed by atoms with Crippen LogP contribution in [0.5, 0.6) is 0 Å². The average molecular weight is 549 g/mol. The largest absolute Gasteiger partial charge is 0.490 e. The minimum atomic E-state index is -5.08. The summed E-state index contributed by atoms with van der Waals surface area (Å²) in [6.07, 6.45) is -4.06. The zero-order valence-corrected chi connectivity index (χ0v) is 19.1. The average Bonchev–Trinajstić information content (AvgIpc) is 3.26. The summed E-state index contributed by atoms with van der Waals surface area (Å²) in [5.74, 6) is -9.56. The van der Waals surface area contributed by atoms with Gasteiger partial charge >= 0.3 is 19.3 Å². The molecular formula is C18H22BF6N3O7S. The van der Waals surface area contributed by atoms with Gasteiger partial charge in [-0.1, -0.05) is 0 Å². The van der Waals surface area contributed by atoms with Crippen molar-refractivity contribution >= 4 is 29.0 Å². The van der Waals surface area contributed by atoms with Gasteiger partial charge in [0.15, 0.2) is 11.6 Å². The van der Waals surface area contributed by atoms with Crippen molar-refractivity contribution in [3.63, 3.8) is 0 Å². The molecule has 3 rings (SSSR count). The van der Waals surface area contributed by atoms with E-state index in [1.165, 1.54) is 4.90 Å². The Morgan fingerprint density at radius 2 is 1.58 bits per heavy atom. The zero-order chi connectivity index (χ0) is 27.6. The molecule has 2 aliphatic heterocycles. The van der Waals surface area contributed by atoms with Gasteiger partial charge in [0.1, 0.15) is 10.7 Å². The Bertz CT molecular complexity index is 1090. The molecule has 0 bridgehead atoms. The molecule has 0 spiro atoms. The molecule has 18 heteroatoms. The standard InChI is InChI=1S/C16H21BF3N3O5S.C2HF3O2/c18-10-6-12(20)14(7-11(10)19)29(27,28)22-5-3-13(21)9(8-22)16(24)23-4-1-2-15(23)17(25)26;3-2(4,5)1(6)7/h6-7,9,13,15,25-26H,1-5,8,21H2;(H,6,7)/t9-,13-,15+;/m1./s1. The van der Waals surface area contributed by atoms with Crippen molar-refractivity contribution in [2.75, 3.05) is 19.6 Å². The molecule has 1 amide bonds. The molecule has 2 saturated heterocycles. The van der Waals surface area contributed by atoms with Crippen molar-refractivity contribution in [3.8, 4) is 0 Å². The van der Waals surface area contributed by atoms with E-state index in [1.807, 2.05) is 0 Å². The Balaban J connectivity index is 0.000000572. The maximum absolute atomic E-state index is 14.0. The second-order valence-corrected chi connectivity index (χ2v) is 9.98. The lowest BCUT2D eigenvalue weighted by Crippen LogP contribution is -2.57. The molecule has 0 aliphatic carbocycles. The van der Waals surface area contributed by atoms with E-state index >= 15 is 0 Å². The third-order valence-electron chi connectivity index (χ3n) is 5.71. The van der Waals surface area contributed by atoms with E-state index in [0.29, 0.717) is 12.8 Å². The highest BCUT2D eigenvalue weighted by Crippen LogP contribution is 2.29. The summed E-state index contributed by atoms with van der Waals surface area (Å²) in [6, 6.07) is -0.275. The quantitative estimate of drug-likeness (QED) is 0.233. The number of nitrogens with two attached hydrogens (primary N) is 1. The predicted octanol–water partition coefficient (Wildman–Crippen LogP) is 0.0781. The number of amides is 1. The molecule has 0 radical (unpaired) electrons. The van der Waals surface area contributed by atoms with Crippen molar-refractivity contribution in [3.05, 3.63) is 29.6 Å². The van der Waals surface area contributed by atoms with Crippen molar-refractivity contribution in [1.29, 1.82) is 0 Å². The fraction of sp³-hybridized carbons (Fsp3) is 0.556. The van der Waals surface area contributed by atoms with E-state index < -0.39 is 75.4 Å². The van der Waals surface area contributed by atoms with Crippen LogP contribution in [-0.4, -0.2) is 89.6 Å². The number of carbonyl (C=O) groups is 2. The summed E-state index contributed by atoms with van der Waals surface area (Å²) in [5.41, 5.74) is 6.01. The number of carbonyl (C=O) groups excluding carboxylic acids is 1. The number of hydrogen-bond acceptors (Lipinski definition) is 7. The summed E-state index contributed by atoms with van der Waals surface area (Å²) >= 11 is 0. The van der Waals surface area contributed by atoms with E-state index in [2.05, 4.69) is 0 Å².